The van der Waals surface area contributed by atoms with E-state index in [1.54, 1.807) is 12.8 Å². The van der Waals surface area contributed by atoms with Crippen LogP contribution < -0.4 is 0 Å². The molecule has 0 amide bonds. The molecule has 76 valence electrons. The first-order chi connectivity index (χ1) is 6.88. The maximum absolute atomic E-state index is 2.55. The summed E-state index contributed by atoms with van der Waals surface area (Å²) in [6, 6.07) is 0. The van der Waals surface area contributed by atoms with Gasteiger partial charge in [0.2, 0.25) is 0 Å². The van der Waals surface area contributed by atoms with Gasteiger partial charge in [-0.25, -0.2) is 0 Å². The third kappa shape index (κ3) is 0.741. The zero-order chi connectivity index (χ0) is 9.28. The molecule has 3 saturated carbocycles. The lowest BCUT2D eigenvalue weighted by Gasteiger charge is -2.36. The molecule has 6 unspecified atom stereocenters. The quantitative estimate of drug-likeness (QED) is 0.436. The van der Waals surface area contributed by atoms with E-state index in [0.717, 1.165) is 41.4 Å². The standard InChI is InChI=1S/C14H20/c1-2-8-5-11-7-12(8)14-10-4-3-9(6-10)13(11)14/h3-4,8-14H,2,5-7H2,1H3/t8?,9?,10?,11?,12?,13?,14-/m1/s1. The number of allylic oxidation sites excluding steroid dienone is 2. The van der Waals surface area contributed by atoms with Gasteiger partial charge in [0, 0.05) is 0 Å². The molecule has 0 saturated heterocycles. The fourth-order valence-corrected chi connectivity index (χ4v) is 5.62. The van der Waals surface area contributed by atoms with Crippen LogP contribution in [0.4, 0.5) is 0 Å². The van der Waals surface area contributed by atoms with Crippen molar-refractivity contribution in [2.24, 2.45) is 41.4 Å². The second-order valence-electron chi connectivity index (χ2n) is 6.17. The molecule has 0 aliphatic heterocycles. The third-order valence-electron chi connectivity index (χ3n) is 5.93. The van der Waals surface area contributed by atoms with Crippen LogP contribution in [0.5, 0.6) is 0 Å². The van der Waals surface area contributed by atoms with Gasteiger partial charge in [-0.1, -0.05) is 25.5 Å². The van der Waals surface area contributed by atoms with Gasteiger partial charge in [-0.2, -0.15) is 0 Å². The van der Waals surface area contributed by atoms with Gasteiger partial charge >= 0.3 is 0 Å². The summed E-state index contributed by atoms with van der Waals surface area (Å²) < 4.78 is 0. The molecule has 0 aromatic heterocycles. The Morgan fingerprint density at radius 3 is 2.57 bits per heavy atom. The van der Waals surface area contributed by atoms with E-state index < -0.39 is 0 Å². The van der Waals surface area contributed by atoms with Crippen LogP contribution in [0.2, 0.25) is 0 Å². The molecular weight excluding hydrogens is 168 g/mol. The van der Waals surface area contributed by atoms with Crippen LogP contribution in [0.15, 0.2) is 12.2 Å². The van der Waals surface area contributed by atoms with Gasteiger partial charge in [0.25, 0.3) is 0 Å². The van der Waals surface area contributed by atoms with Crippen molar-refractivity contribution in [1.82, 2.24) is 0 Å². The van der Waals surface area contributed by atoms with E-state index in [9.17, 15) is 0 Å². The van der Waals surface area contributed by atoms with Crippen molar-refractivity contribution in [2.45, 2.75) is 32.6 Å². The molecule has 7 atom stereocenters. The van der Waals surface area contributed by atoms with Gasteiger partial charge in [-0.05, 0) is 60.7 Å². The van der Waals surface area contributed by atoms with Crippen LogP contribution >= 0.6 is 0 Å². The molecule has 0 spiro atoms. The molecule has 0 aromatic rings. The highest BCUT2D eigenvalue weighted by Crippen LogP contribution is 2.67. The Morgan fingerprint density at radius 1 is 1.00 bits per heavy atom. The first-order valence-corrected chi connectivity index (χ1v) is 6.56. The molecule has 4 aliphatic carbocycles. The Bertz CT molecular complexity index is 290. The summed E-state index contributed by atoms with van der Waals surface area (Å²) in [5.41, 5.74) is 0. The molecule has 0 radical (unpaired) electrons. The Morgan fingerprint density at radius 2 is 1.79 bits per heavy atom. The van der Waals surface area contributed by atoms with Gasteiger partial charge in [-0.15, -0.1) is 0 Å². The minimum atomic E-state index is 1.01. The van der Waals surface area contributed by atoms with Crippen molar-refractivity contribution in [1.29, 1.82) is 0 Å². The second-order valence-corrected chi connectivity index (χ2v) is 6.17. The summed E-state index contributed by atoms with van der Waals surface area (Å²) in [7, 11) is 0. The SMILES string of the molecule is CCC1CC2CC1[C@H]1C3C=CC(C3)C21. The van der Waals surface area contributed by atoms with Crippen LogP contribution in [0.1, 0.15) is 32.6 Å². The molecule has 0 aromatic carbocycles. The Kier molecular flexibility index (Phi) is 1.40. The summed E-state index contributed by atoms with van der Waals surface area (Å²) >= 11 is 0. The van der Waals surface area contributed by atoms with Crippen molar-refractivity contribution in [3.05, 3.63) is 12.2 Å². The molecule has 0 heteroatoms. The van der Waals surface area contributed by atoms with E-state index in [0.29, 0.717) is 0 Å². The number of hydrogen-bond donors (Lipinski definition) is 0. The average Bonchev–Trinajstić information content (AvgIpc) is 2.94. The normalized spacial score (nSPS) is 62.5. The van der Waals surface area contributed by atoms with E-state index in [-0.39, 0.29) is 0 Å². The zero-order valence-corrected chi connectivity index (χ0v) is 9.02. The molecule has 0 N–H and O–H groups in total. The molecule has 14 heavy (non-hydrogen) atoms. The zero-order valence-electron chi connectivity index (χ0n) is 9.02. The monoisotopic (exact) mass is 188 g/mol. The summed E-state index contributed by atoms with van der Waals surface area (Å²) in [4.78, 5) is 0. The highest BCUT2D eigenvalue weighted by atomic mass is 14.6. The van der Waals surface area contributed by atoms with Crippen molar-refractivity contribution >= 4 is 0 Å². The largest absolute Gasteiger partial charge is 0.0848 e. The van der Waals surface area contributed by atoms with Crippen LogP contribution in [0.3, 0.4) is 0 Å². The predicted octanol–water partition coefficient (Wildman–Crippen LogP) is 3.49. The molecule has 0 nitrogen and oxygen atoms in total. The second kappa shape index (κ2) is 2.46. The number of hydrogen-bond acceptors (Lipinski definition) is 0. The Hall–Kier alpha value is -0.260. The average molecular weight is 188 g/mol. The molecule has 0 heterocycles. The lowest BCUT2D eigenvalue weighted by molar-refractivity contribution is 0.147. The summed E-state index contributed by atoms with van der Waals surface area (Å²) in [5.74, 6) is 7.66. The summed E-state index contributed by atoms with van der Waals surface area (Å²) in [5, 5.41) is 0. The fraction of sp³-hybridized carbons (Fsp3) is 0.857. The number of rotatable bonds is 1. The van der Waals surface area contributed by atoms with Crippen LogP contribution in [0, 0.1) is 41.4 Å². The van der Waals surface area contributed by atoms with E-state index in [1.165, 1.54) is 12.8 Å². The molecule has 4 rings (SSSR count). The maximum atomic E-state index is 2.55. The van der Waals surface area contributed by atoms with E-state index in [4.69, 9.17) is 0 Å². The Balaban J connectivity index is 1.72. The molecular formula is C14H20. The van der Waals surface area contributed by atoms with Gasteiger partial charge in [0.05, 0.1) is 0 Å². The molecule has 3 fully saturated rings. The minimum Gasteiger partial charge on any atom is -0.0848 e. The van der Waals surface area contributed by atoms with Crippen LogP contribution in [-0.4, -0.2) is 0 Å². The first kappa shape index (κ1) is 7.96. The molecule has 4 bridgehead atoms. The molecule has 4 aliphatic rings. The van der Waals surface area contributed by atoms with E-state index in [1.807, 2.05) is 0 Å². The first-order valence-electron chi connectivity index (χ1n) is 6.56. The van der Waals surface area contributed by atoms with Gasteiger partial charge in [0.15, 0.2) is 0 Å². The lowest BCUT2D eigenvalue weighted by atomic mass is 9.69. The number of fused-ring (bicyclic) bond motifs is 9. The van der Waals surface area contributed by atoms with Crippen molar-refractivity contribution in [2.75, 3.05) is 0 Å². The highest BCUT2D eigenvalue weighted by Gasteiger charge is 2.60. The summed E-state index contributed by atoms with van der Waals surface area (Å²) in [6.07, 6.45) is 11.3. The van der Waals surface area contributed by atoms with Gasteiger partial charge in [-0.3, -0.25) is 0 Å². The highest BCUT2D eigenvalue weighted by molar-refractivity contribution is 5.20. The lowest BCUT2D eigenvalue weighted by Crippen LogP contribution is -2.30. The van der Waals surface area contributed by atoms with E-state index in [2.05, 4.69) is 19.1 Å². The predicted molar refractivity (Wildman–Crippen MR) is 57.7 cm³/mol. The van der Waals surface area contributed by atoms with Crippen molar-refractivity contribution in [3.63, 3.8) is 0 Å². The minimum absolute atomic E-state index is 1.01. The van der Waals surface area contributed by atoms with Crippen molar-refractivity contribution < 1.29 is 0 Å². The maximum Gasteiger partial charge on any atom is -0.0194 e. The fourth-order valence-electron chi connectivity index (χ4n) is 5.62. The van der Waals surface area contributed by atoms with Crippen LogP contribution in [-0.2, 0) is 0 Å². The smallest absolute Gasteiger partial charge is 0.0194 e. The van der Waals surface area contributed by atoms with Crippen molar-refractivity contribution in [3.8, 4) is 0 Å². The van der Waals surface area contributed by atoms with Crippen LogP contribution in [0.25, 0.3) is 0 Å². The topological polar surface area (TPSA) is 0 Å². The van der Waals surface area contributed by atoms with Gasteiger partial charge in [0.1, 0.15) is 0 Å². The summed E-state index contributed by atoms with van der Waals surface area (Å²) in [6.45, 7) is 2.41. The Labute approximate surface area is 86.8 Å². The third-order valence-corrected chi connectivity index (χ3v) is 5.93. The van der Waals surface area contributed by atoms with E-state index >= 15 is 0 Å². The van der Waals surface area contributed by atoms with Gasteiger partial charge < -0.3 is 0 Å².